The molecule has 0 heterocycles. The zero-order valence-electron chi connectivity index (χ0n) is 14.3. The third kappa shape index (κ3) is 7.81. The first-order valence-electron chi connectivity index (χ1n) is 8.26. The van der Waals surface area contributed by atoms with E-state index in [0.717, 1.165) is 5.56 Å². The summed E-state index contributed by atoms with van der Waals surface area (Å²) in [5.41, 5.74) is 2.27. The minimum atomic E-state index is -4.20. The van der Waals surface area contributed by atoms with Gasteiger partial charge in [0.1, 0.15) is 0 Å². The van der Waals surface area contributed by atoms with E-state index in [4.69, 9.17) is 5.11 Å². The molecule has 0 unspecified atom stereocenters. The zero-order chi connectivity index (χ0) is 19.9. The number of carbonyl (C=O) groups is 2. The fraction of sp³-hybridized carbons (Fsp3) is 0.263. The normalized spacial score (nSPS) is 11.1. The number of halogens is 3. The van der Waals surface area contributed by atoms with Crippen molar-refractivity contribution in [1.82, 2.24) is 0 Å². The first-order chi connectivity index (χ1) is 12.7. The molecule has 8 heteroatoms. The van der Waals surface area contributed by atoms with Crippen LogP contribution in [0, 0.1) is 0 Å². The van der Waals surface area contributed by atoms with Crippen LogP contribution < -0.4 is 10.6 Å². The molecule has 0 aliphatic heterocycles. The number of carboxylic acids is 1. The maximum absolute atomic E-state index is 12.2. The van der Waals surface area contributed by atoms with Crippen molar-refractivity contribution in [3.63, 3.8) is 0 Å². The number of alkyl halides is 3. The van der Waals surface area contributed by atoms with E-state index in [-0.39, 0.29) is 12.8 Å². The molecule has 0 aliphatic carbocycles. The molecule has 0 radical (unpaired) electrons. The summed E-state index contributed by atoms with van der Waals surface area (Å²) in [4.78, 5) is 22.7. The summed E-state index contributed by atoms with van der Waals surface area (Å²) < 4.78 is 36.7. The third-order valence-corrected chi connectivity index (χ3v) is 3.72. The number of aryl methyl sites for hydroxylation is 2. The van der Waals surface area contributed by atoms with Crippen molar-refractivity contribution in [2.24, 2.45) is 0 Å². The number of carbonyl (C=O) groups excluding carboxylic acids is 1. The van der Waals surface area contributed by atoms with Gasteiger partial charge in [-0.15, -0.1) is 0 Å². The van der Waals surface area contributed by atoms with Crippen LogP contribution in [-0.2, 0) is 17.6 Å². The van der Waals surface area contributed by atoms with Gasteiger partial charge in [0.25, 0.3) is 0 Å². The van der Waals surface area contributed by atoms with Gasteiger partial charge in [-0.05, 0) is 48.2 Å². The molecular weight excluding hydrogens is 361 g/mol. The Labute approximate surface area is 154 Å². The average Bonchev–Trinajstić information content (AvgIpc) is 2.59. The maximum atomic E-state index is 12.2. The summed E-state index contributed by atoms with van der Waals surface area (Å²) in [6.07, 6.45) is -4.85. The molecule has 0 saturated carbocycles. The Morgan fingerprint density at radius 1 is 0.889 bits per heavy atom. The topological polar surface area (TPSA) is 78.4 Å². The summed E-state index contributed by atoms with van der Waals surface area (Å²) in [7, 11) is 0. The first kappa shape index (κ1) is 20.3. The molecule has 0 aliphatic rings. The molecule has 0 bridgehead atoms. The number of benzene rings is 2. The number of carboxylic acid groups (broad SMARTS) is 1. The second-order valence-electron chi connectivity index (χ2n) is 5.99. The highest BCUT2D eigenvalue weighted by Crippen LogP contribution is 2.22. The van der Waals surface area contributed by atoms with E-state index in [0.29, 0.717) is 23.4 Å². The van der Waals surface area contributed by atoms with E-state index >= 15 is 0 Å². The summed E-state index contributed by atoms with van der Waals surface area (Å²) in [5, 5.41) is 13.9. The Kier molecular flexibility index (Phi) is 6.81. The Morgan fingerprint density at radius 3 is 2.19 bits per heavy atom. The summed E-state index contributed by atoms with van der Waals surface area (Å²) in [6, 6.07) is 12.5. The number of aliphatic carboxylic acids is 1. The van der Waals surface area contributed by atoms with Gasteiger partial charge in [-0.3, -0.25) is 4.79 Å². The van der Waals surface area contributed by atoms with Crippen molar-refractivity contribution in [3.8, 4) is 0 Å². The molecule has 27 heavy (non-hydrogen) atoms. The molecule has 2 rings (SSSR count). The molecule has 144 valence electrons. The Bertz CT molecular complexity index is 790. The van der Waals surface area contributed by atoms with Crippen LogP contribution in [0.3, 0.4) is 0 Å². The van der Waals surface area contributed by atoms with Crippen molar-refractivity contribution in [2.45, 2.75) is 31.9 Å². The predicted octanol–water partition coefficient (Wildman–Crippen LogP) is 4.84. The van der Waals surface area contributed by atoms with E-state index in [1.54, 1.807) is 24.3 Å². The number of hydrogen-bond acceptors (Lipinski definition) is 2. The monoisotopic (exact) mass is 380 g/mol. The van der Waals surface area contributed by atoms with E-state index in [1.807, 2.05) is 0 Å². The molecule has 5 nitrogen and oxygen atoms in total. The van der Waals surface area contributed by atoms with Crippen LogP contribution in [0.5, 0.6) is 0 Å². The molecule has 0 aromatic heterocycles. The van der Waals surface area contributed by atoms with Gasteiger partial charge in [0.2, 0.25) is 0 Å². The van der Waals surface area contributed by atoms with Crippen LogP contribution in [0.25, 0.3) is 0 Å². The number of nitrogens with one attached hydrogen (secondary N) is 2. The van der Waals surface area contributed by atoms with E-state index in [2.05, 4.69) is 10.6 Å². The highest BCUT2D eigenvalue weighted by atomic mass is 19.4. The Balaban J connectivity index is 1.88. The summed E-state index contributed by atoms with van der Waals surface area (Å²) in [5.74, 6) is -0.898. The van der Waals surface area contributed by atoms with Gasteiger partial charge < -0.3 is 15.7 Å². The quantitative estimate of drug-likeness (QED) is 0.643. The lowest BCUT2D eigenvalue weighted by atomic mass is 10.1. The second-order valence-corrected chi connectivity index (χ2v) is 5.99. The molecule has 0 atom stereocenters. The second kappa shape index (κ2) is 9.07. The van der Waals surface area contributed by atoms with Gasteiger partial charge in [-0.25, -0.2) is 4.79 Å². The van der Waals surface area contributed by atoms with Gasteiger partial charge in [0, 0.05) is 24.2 Å². The number of hydrogen-bond donors (Lipinski definition) is 3. The highest BCUT2D eigenvalue weighted by molar-refractivity contribution is 5.99. The lowest BCUT2D eigenvalue weighted by Crippen LogP contribution is -2.19. The molecule has 2 amide bonds. The minimum Gasteiger partial charge on any atom is -0.481 e. The van der Waals surface area contributed by atoms with Crippen LogP contribution in [0.15, 0.2) is 48.5 Å². The molecule has 0 spiro atoms. The summed E-state index contributed by atoms with van der Waals surface area (Å²) in [6.45, 7) is 0. The SMILES string of the molecule is O=C(O)CCc1cccc(NC(=O)Nc2ccc(CCC(F)(F)F)cc2)c1. The lowest BCUT2D eigenvalue weighted by Gasteiger charge is -2.10. The Morgan fingerprint density at radius 2 is 1.56 bits per heavy atom. The number of urea groups is 1. The van der Waals surface area contributed by atoms with Crippen molar-refractivity contribution < 1.29 is 27.9 Å². The van der Waals surface area contributed by atoms with Crippen molar-refractivity contribution in [1.29, 1.82) is 0 Å². The van der Waals surface area contributed by atoms with E-state index < -0.39 is 24.6 Å². The van der Waals surface area contributed by atoms with Crippen molar-refractivity contribution in [2.75, 3.05) is 10.6 Å². The maximum Gasteiger partial charge on any atom is 0.389 e. The fourth-order valence-electron chi connectivity index (χ4n) is 2.39. The lowest BCUT2D eigenvalue weighted by molar-refractivity contribution is -0.137. The number of anilines is 2. The van der Waals surface area contributed by atoms with Crippen LogP contribution in [0.2, 0.25) is 0 Å². The van der Waals surface area contributed by atoms with Gasteiger partial charge in [0.15, 0.2) is 0 Å². The summed E-state index contributed by atoms with van der Waals surface area (Å²) >= 11 is 0. The van der Waals surface area contributed by atoms with E-state index in [1.165, 1.54) is 24.3 Å². The van der Waals surface area contributed by atoms with Gasteiger partial charge in [-0.1, -0.05) is 24.3 Å². The fourth-order valence-corrected chi connectivity index (χ4v) is 2.39. The van der Waals surface area contributed by atoms with Crippen LogP contribution in [0.4, 0.5) is 29.3 Å². The molecular formula is C19H19F3N2O3. The molecule has 2 aromatic rings. The van der Waals surface area contributed by atoms with Crippen molar-refractivity contribution in [3.05, 3.63) is 59.7 Å². The van der Waals surface area contributed by atoms with Crippen LogP contribution >= 0.6 is 0 Å². The minimum absolute atomic E-state index is 0.00363. The number of rotatable bonds is 7. The first-order valence-corrected chi connectivity index (χ1v) is 8.26. The van der Waals surface area contributed by atoms with Gasteiger partial charge in [0.05, 0.1) is 0 Å². The van der Waals surface area contributed by atoms with Crippen LogP contribution in [0.1, 0.15) is 24.0 Å². The van der Waals surface area contributed by atoms with Gasteiger partial charge >= 0.3 is 18.2 Å². The molecule has 0 fully saturated rings. The number of amides is 2. The van der Waals surface area contributed by atoms with Crippen LogP contribution in [-0.4, -0.2) is 23.3 Å². The smallest absolute Gasteiger partial charge is 0.389 e. The van der Waals surface area contributed by atoms with Crippen molar-refractivity contribution >= 4 is 23.4 Å². The average molecular weight is 380 g/mol. The predicted molar refractivity (Wildman–Crippen MR) is 95.9 cm³/mol. The highest BCUT2D eigenvalue weighted by Gasteiger charge is 2.26. The molecule has 0 saturated heterocycles. The zero-order valence-corrected chi connectivity index (χ0v) is 14.3. The largest absolute Gasteiger partial charge is 0.481 e. The third-order valence-electron chi connectivity index (χ3n) is 3.72. The van der Waals surface area contributed by atoms with E-state index in [9.17, 15) is 22.8 Å². The standard InChI is InChI=1S/C19H19F3N2O3/c20-19(21,22)11-10-13-4-7-15(8-5-13)23-18(27)24-16-3-1-2-14(12-16)6-9-17(25)26/h1-5,7-8,12H,6,9-11H2,(H,25,26)(H2,23,24,27). The molecule has 2 aromatic carbocycles. The van der Waals surface area contributed by atoms with Gasteiger partial charge in [-0.2, -0.15) is 13.2 Å². The molecule has 3 N–H and O–H groups in total. The Hall–Kier alpha value is -3.03.